The average molecular weight is 319 g/mol. The van der Waals surface area contributed by atoms with E-state index in [4.69, 9.17) is 9.47 Å². The molecule has 0 saturated carbocycles. The van der Waals surface area contributed by atoms with Gasteiger partial charge in [0.25, 0.3) is 0 Å². The standard InChI is InChI=1S/C18H25NO4/c1-14-3-2-4-16(11-14)23-13-18(21)7-8-19(12-18)17(20)15-5-9-22-10-6-15/h2-4,11,15,21H,5-10,12-13H2,1H3. The molecule has 126 valence electrons. The number of amides is 1. The van der Waals surface area contributed by atoms with E-state index in [1.807, 2.05) is 31.2 Å². The Labute approximate surface area is 137 Å². The van der Waals surface area contributed by atoms with Gasteiger partial charge in [0.1, 0.15) is 18.0 Å². The van der Waals surface area contributed by atoms with Crippen molar-refractivity contribution in [1.29, 1.82) is 0 Å². The summed E-state index contributed by atoms with van der Waals surface area (Å²) in [5.41, 5.74) is 0.169. The molecule has 1 amide bonds. The molecule has 0 spiro atoms. The van der Waals surface area contributed by atoms with Gasteiger partial charge in [-0.05, 0) is 43.9 Å². The molecule has 2 saturated heterocycles. The first kappa shape index (κ1) is 16.3. The van der Waals surface area contributed by atoms with Crippen molar-refractivity contribution >= 4 is 5.91 Å². The molecule has 0 bridgehead atoms. The third-order valence-corrected chi connectivity index (χ3v) is 4.71. The summed E-state index contributed by atoms with van der Waals surface area (Å²) >= 11 is 0. The molecule has 1 unspecified atom stereocenters. The van der Waals surface area contributed by atoms with E-state index in [-0.39, 0.29) is 18.4 Å². The van der Waals surface area contributed by atoms with E-state index in [1.54, 1.807) is 4.90 Å². The van der Waals surface area contributed by atoms with Gasteiger partial charge in [0.15, 0.2) is 0 Å². The van der Waals surface area contributed by atoms with Crippen molar-refractivity contribution in [2.24, 2.45) is 5.92 Å². The molecule has 2 aliphatic rings. The van der Waals surface area contributed by atoms with Gasteiger partial charge < -0.3 is 19.5 Å². The minimum absolute atomic E-state index is 0.0452. The van der Waals surface area contributed by atoms with Gasteiger partial charge in [-0.2, -0.15) is 0 Å². The molecule has 1 N–H and O–H groups in total. The predicted molar refractivity (Wildman–Crippen MR) is 86.4 cm³/mol. The Morgan fingerprint density at radius 2 is 2.22 bits per heavy atom. The minimum atomic E-state index is -0.954. The van der Waals surface area contributed by atoms with Crippen LogP contribution in [0.15, 0.2) is 24.3 Å². The van der Waals surface area contributed by atoms with E-state index in [0.29, 0.717) is 32.7 Å². The van der Waals surface area contributed by atoms with Gasteiger partial charge in [-0.1, -0.05) is 12.1 Å². The second-order valence-electron chi connectivity index (χ2n) is 6.73. The number of ether oxygens (including phenoxy) is 2. The zero-order valence-corrected chi connectivity index (χ0v) is 13.7. The number of carbonyl (C=O) groups is 1. The Bertz CT molecular complexity index is 556. The summed E-state index contributed by atoms with van der Waals surface area (Å²) in [4.78, 5) is 14.3. The third kappa shape index (κ3) is 4.03. The molecular formula is C18H25NO4. The van der Waals surface area contributed by atoms with Crippen LogP contribution in [0.4, 0.5) is 0 Å². The first-order chi connectivity index (χ1) is 11.1. The number of hydrogen-bond acceptors (Lipinski definition) is 4. The molecule has 0 radical (unpaired) electrons. The van der Waals surface area contributed by atoms with Crippen LogP contribution in [-0.4, -0.2) is 54.4 Å². The van der Waals surface area contributed by atoms with Gasteiger partial charge in [0.2, 0.25) is 5.91 Å². The van der Waals surface area contributed by atoms with Crippen molar-refractivity contribution in [3.8, 4) is 5.75 Å². The highest BCUT2D eigenvalue weighted by atomic mass is 16.5. The highest BCUT2D eigenvalue weighted by molar-refractivity contribution is 5.79. The SMILES string of the molecule is Cc1cccc(OCC2(O)CCN(C(=O)C3CCOCC3)C2)c1. The van der Waals surface area contributed by atoms with Crippen LogP contribution < -0.4 is 4.74 Å². The molecule has 3 rings (SSSR count). The monoisotopic (exact) mass is 319 g/mol. The molecule has 23 heavy (non-hydrogen) atoms. The molecule has 1 aromatic rings. The van der Waals surface area contributed by atoms with Crippen molar-refractivity contribution < 1.29 is 19.4 Å². The van der Waals surface area contributed by atoms with E-state index < -0.39 is 5.60 Å². The Kier molecular flexibility index (Phi) is 4.87. The summed E-state index contributed by atoms with van der Waals surface area (Å²) in [7, 11) is 0. The second-order valence-corrected chi connectivity index (χ2v) is 6.73. The predicted octanol–water partition coefficient (Wildman–Crippen LogP) is 1.76. The fourth-order valence-electron chi connectivity index (χ4n) is 3.29. The third-order valence-electron chi connectivity index (χ3n) is 4.71. The number of nitrogens with zero attached hydrogens (tertiary/aromatic N) is 1. The fourth-order valence-corrected chi connectivity index (χ4v) is 3.29. The maximum Gasteiger partial charge on any atom is 0.225 e. The molecule has 1 atom stereocenters. The van der Waals surface area contributed by atoms with Crippen LogP contribution in [0.3, 0.4) is 0 Å². The topological polar surface area (TPSA) is 59.0 Å². The van der Waals surface area contributed by atoms with Crippen molar-refractivity contribution in [1.82, 2.24) is 4.90 Å². The normalized spacial score (nSPS) is 25.6. The summed E-state index contributed by atoms with van der Waals surface area (Å²) < 4.78 is 11.0. The largest absolute Gasteiger partial charge is 0.491 e. The minimum Gasteiger partial charge on any atom is -0.491 e. The van der Waals surface area contributed by atoms with Crippen LogP contribution >= 0.6 is 0 Å². The lowest BCUT2D eigenvalue weighted by atomic mass is 9.99. The molecule has 1 aromatic carbocycles. The van der Waals surface area contributed by atoms with E-state index in [9.17, 15) is 9.90 Å². The smallest absolute Gasteiger partial charge is 0.225 e. The lowest BCUT2D eigenvalue weighted by Crippen LogP contribution is -2.43. The average Bonchev–Trinajstić information content (AvgIpc) is 2.96. The quantitative estimate of drug-likeness (QED) is 0.919. The molecular weight excluding hydrogens is 294 g/mol. The van der Waals surface area contributed by atoms with E-state index in [2.05, 4.69) is 0 Å². The first-order valence-corrected chi connectivity index (χ1v) is 8.34. The Balaban J connectivity index is 1.54. The Morgan fingerprint density at radius 3 is 2.96 bits per heavy atom. The van der Waals surface area contributed by atoms with E-state index >= 15 is 0 Å². The van der Waals surface area contributed by atoms with Gasteiger partial charge in [-0.25, -0.2) is 0 Å². The molecule has 0 aromatic heterocycles. The molecule has 0 aliphatic carbocycles. The number of benzene rings is 1. The molecule has 2 fully saturated rings. The Morgan fingerprint density at radius 1 is 1.43 bits per heavy atom. The zero-order chi connectivity index (χ0) is 16.3. The lowest BCUT2D eigenvalue weighted by Gasteiger charge is -2.28. The van der Waals surface area contributed by atoms with Gasteiger partial charge in [0.05, 0.1) is 6.54 Å². The number of likely N-dealkylation sites (tertiary alicyclic amines) is 1. The molecule has 5 heteroatoms. The van der Waals surface area contributed by atoms with Crippen LogP contribution in [0.1, 0.15) is 24.8 Å². The number of carbonyl (C=O) groups excluding carboxylic acids is 1. The van der Waals surface area contributed by atoms with Crippen molar-refractivity contribution in [3.63, 3.8) is 0 Å². The number of aliphatic hydroxyl groups is 1. The van der Waals surface area contributed by atoms with Crippen molar-refractivity contribution in [3.05, 3.63) is 29.8 Å². The summed E-state index contributed by atoms with van der Waals surface area (Å²) in [5.74, 6) is 0.955. The van der Waals surface area contributed by atoms with E-state index in [0.717, 1.165) is 24.2 Å². The van der Waals surface area contributed by atoms with Gasteiger partial charge in [-0.3, -0.25) is 4.79 Å². The fraction of sp³-hybridized carbons (Fsp3) is 0.611. The maximum absolute atomic E-state index is 12.5. The molecule has 2 aliphatic heterocycles. The van der Waals surface area contributed by atoms with E-state index in [1.165, 1.54) is 0 Å². The van der Waals surface area contributed by atoms with Crippen LogP contribution in [0.25, 0.3) is 0 Å². The van der Waals surface area contributed by atoms with Gasteiger partial charge >= 0.3 is 0 Å². The van der Waals surface area contributed by atoms with Crippen molar-refractivity contribution in [2.45, 2.75) is 31.8 Å². The zero-order valence-electron chi connectivity index (χ0n) is 13.7. The molecule has 5 nitrogen and oxygen atoms in total. The number of aryl methyl sites for hydroxylation is 1. The first-order valence-electron chi connectivity index (χ1n) is 8.34. The van der Waals surface area contributed by atoms with Gasteiger partial charge in [0, 0.05) is 25.7 Å². The second kappa shape index (κ2) is 6.89. The molecule has 2 heterocycles. The van der Waals surface area contributed by atoms with Crippen molar-refractivity contribution in [2.75, 3.05) is 32.9 Å². The highest BCUT2D eigenvalue weighted by Gasteiger charge is 2.40. The number of hydrogen-bond donors (Lipinski definition) is 1. The van der Waals surface area contributed by atoms with Gasteiger partial charge in [-0.15, -0.1) is 0 Å². The number of rotatable bonds is 4. The van der Waals surface area contributed by atoms with Crippen LogP contribution in [0.2, 0.25) is 0 Å². The summed E-state index contributed by atoms with van der Waals surface area (Å²) in [5, 5.41) is 10.7. The van der Waals surface area contributed by atoms with Crippen LogP contribution in [-0.2, 0) is 9.53 Å². The highest BCUT2D eigenvalue weighted by Crippen LogP contribution is 2.27. The van der Waals surface area contributed by atoms with Crippen LogP contribution in [0.5, 0.6) is 5.75 Å². The summed E-state index contributed by atoms with van der Waals surface area (Å²) in [6, 6.07) is 7.77. The van der Waals surface area contributed by atoms with Crippen LogP contribution in [0, 0.1) is 12.8 Å². The summed E-state index contributed by atoms with van der Waals surface area (Å²) in [6.07, 6.45) is 2.13. The summed E-state index contributed by atoms with van der Waals surface area (Å²) in [6.45, 7) is 4.49. The maximum atomic E-state index is 12.5. The lowest BCUT2D eigenvalue weighted by molar-refractivity contribution is -0.138. The Hall–Kier alpha value is -1.59. The number of β-amino-alcohol motifs (C(OH)–C–C–N with tert-alkyl or cyclic N) is 1.